The van der Waals surface area contributed by atoms with Crippen LogP contribution in [0.25, 0.3) is 0 Å². The van der Waals surface area contributed by atoms with E-state index in [-0.39, 0.29) is 0 Å². The van der Waals surface area contributed by atoms with Gasteiger partial charge in [0.05, 0.1) is 7.11 Å². The third kappa shape index (κ3) is 3.56. The van der Waals surface area contributed by atoms with E-state index >= 15 is 0 Å². The van der Waals surface area contributed by atoms with Gasteiger partial charge in [0.1, 0.15) is 5.75 Å². The number of piperidine rings is 1. The zero-order valence-electron chi connectivity index (χ0n) is 12.9. The number of hydrogen-bond acceptors (Lipinski definition) is 2. The van der Waals surface area contributed by atoms with Gasteiger partial charge >= 0.3 is 0 Å². The number of likely N-dealkylation sites (tertiary alicyclic amines) is 1. The molecule has 1 heterocycles. The molecule has 0 radical (unpaired) electrons. The Kier molecular flexibility index (Phi) is 5.50. The average molecular weight is 340 g/mol. The second-order valence-electron chi connectivity index (χ2n) is 5.94. The maximum atomic E-state index is 5.48. The molecule has 2 rings (SSSR count). The molecular formula is C17H26BrNO. The Morgan fingerprint density at radius 2 is 1.85 bits per heavy atom. The first-order valence-corrected chi connectivity index (χ1v) is 8.46. The van der Waals surface area contributed by atoms with Crippen molar-refractivity contribution in [2.75, 3.05) is 20.2 Å². The number of rotatable bonds is 5. The van der Waals surface area contributed by atoms with Crippen molar-refractivity contribution < 1.29 is 4.74 Å². The number of benzene rings is 1. The molecule has 1 aromatic carbocycles. The van der Waals surface area contributed by atoms with Crippen LogP contribution in [0.1, 0.15) is 45.1 Å². The van der Waals surface area contributed by atoms with Gasteiger partial charge in [-0.3, -0.25) is 4.90 Å². The number of nitrogens with zero attached hydrogens (tertiary/aromatic N) is 1. The molecule has 1 saturated heterocycles. The molecule has 0 amide bonds. The van der Waals surface area contributed by atoms with Crippen LogP contribution in [0.5, 0.6) is 5.75 Å². The molecule has 112 valence electrons. The highest BCUT2D eigenvalue weighted by Crippen LogP contribution is 2.38. The number of halogens is 1. The summed E-state index contributed by atoms with van der Waals surface area (Å²) in [5.41, 5.74) is 1.88. The Bertz CT molecular complexity index is 433. The van der Waals surface area contributed by atoms with Gasteiger partial charge in [-0.1, -0.05) is 42.6 Å². The zero-order valence-corrected chi connectivity index (χ0v) is 14.5. The van der Waals surface area contributed by atoms with Gasteiger partial charge in [-0.2, -0.15) is 0 Å². The molecular weight excluding hydrogens is 314 g/mol. The minimum Gasteiger partial charge on any atom is -0.496 e. The van der Waals surface area contributed by atoms with Crippen LogP contribution in [-0.4, -0.2) is 25.1 Å². The van der Waals surface area contributed by atoms with Gasteiger partial charge in [-0.25, -0.2) is 0 Å². The Morgan fingerprint density at radius 3 is 2.40 bits per heavy atom. The topological polar surface area (TPSA) is 12.5 Å². The number of ether oxygens (including phenoxy) is 1. The predicted molar refractivity (Wildman–Crippen MR) is 88.2 cm³/mol. The van der Waals surface area contributed by atoms with Crippen LogP contribution in [0, 0.1) is 5.41 Å². The van der Waals surface area contributed by atoms with Gasteiger partial charge in [0.25, 0.3) is 0 Å². The molecule has 1 aromatic rings. The van der Waals surface area contributed by atoms with Crippen molar-refractivity contribution in [2.24, 2.45) is 5.41 Å². The van der Waals surface area contributed by atoms with Crippen molar-refractivity contribution in [1.29, 1.82) is 0 Å². The van der Waals surface area contributed by atoms with E-state index in [1.54, 1.807) is 7.11 Å². The summed E-state index contributed by atoms with van der Waals surface area (Å²) in [7, 11) is 1.75. The number of hydrogen-bond donors (Lipinski definition) is 0. The second-order valence-corrected chi connectivity index (χ2v) is 6.86. The van der Waals surface area contributed by atoms with Crippen molar-refractivity contribution in [3.05, 3.63) is 28.2 Å². The first-order chi connectivity index (χ1) is 9.62. The molecule has 0 unspecified atom stereocenters. The molecule has 0 saturated carbocycles. The molecule has 3 heteroatoms. The molecule has 0 atom stereocenters. The summed E-state index contributed by atoms with van der Waals surface area (Å²) < 4.78 is 6.60. The van der Waals surface area contributed by atoms with E-state index in [2.05, 4.69) is 40.7 Å². The van der Waals surface area contributed by atoms with Crippen molar-refractivity contribution in [3.8, 4) is 5.75 Å². The van der Waals surface area contributed by atoms with E-state index < -0.39 is 0 Å². The van der Waals surface area contributed by atoms with E-state index in [9.17, 15) is 0 Å². The maximum absolute atomic E-state index is 5.48. The van der Waals surface area contributed by atoms with E-state index in [1.807, 2.05) is 12.1 Å². The Morgan fingerprint density at radius 1 is 1.20 bits per heavy atom. The highest BCUT2D eigenvalue weighted by Gasteiger charge is 2.31. The SMILES string of the molecule is CCC1(CC)CCN(Cc2cc(Br)ccc2OC)CC1. The molecule has 0 spiro atoms. The van der Waals surface area contributed by atoms with Crippen LogP contribution < -0.4 is 4.74 Å². The summed E-state index contributed by atoms with van der Waals surface area (Å²) in [6.45, 7) is 8.09. The Hall–Kier alpha value is -0.540. The fourth-order valence-electron chi connectivity index (χ4n) is 3.25. The van der Waals surface area contributed by atoms with Crippen LogP contribution in [-0.2, 0) is 6.54 Å². The molecule has 2 nitrogen and oxygen atoms in total. The van der Waals surface area contributed by atoms with E-state index in [0.717, 1.165) is 16.8 Å². The molecule has 1 fully saturated rings. The monoisotopic (exact) mass is 339 g/mol. The third-order valence-electron chi connectivity index (χ3n) is 5.05. The first kappa shape index (κ1) is 15.8. The fourth-order valence-corrected chi connectivity index (χ4v) is 3.66. The quantitative estimate of drug-likeness (QED) is 0.759. The highest BCUT2D eigenvalue weighted by molar-refractivity contribution is 9.10. The molecule has 1 aliphatic heterocycles. The lowest BCUT2D eigenvalue weighted by Gasteiger charge is -2.41. The summed E-state index contributed by atoms with van der Waals surface area (Å²) in [4.78, 5) is 2.56. The fraction of sp³-hybridized carbons (Fsp3) is 0.647. The van der Waals surface area contributed by atoms with Gasteiger partial charge < -0.3 is 4.74 Å². The van der Waals surface area contributed by atoms with Crippen molar-refractivity contribution in [1.82, 2.24) is 4.90 Å². The average Bonchev–Trinajstić information content (AvgIpc) is 2.49. The lowest BCUT2D eigenvalue weighted by atomic mass is 9.74. The van der Waals surface area contributed by atoms with Gasteiger partial charge in [0.15, 0.2) is 0 Å². The molecule has 0 aromatic heterocycles. The van der Waals surface area contributed by atoms with E-state index in [4.69, 9.17) is 4.74 Å². The minimum absolute atomic E-state index is 0.595. The van der Waals surface area contributed by atoms with E-state index in [0.29, 0.717) is 5.41 Å². The van der Waals surface area contributed by atoms with Gasteiger partial charge in [-0.15, -0.1) is 0 Å². The van der Waals surface area contributed by atoms with Crippen LogP contribution in [0.3, 0.4) is 0 Å². The number of methoxy groups -OCH3 is 1. The van der Waals surface area contributed by atoms with Crippen LogP contribution in [0.4, 0.5) is 0 Å². The maximum Gasteiger partial charge on any atom is 0.123 e. The second kappa shape index (κ2) is 6.95. The standard InChI is InChI=1S/C17H26BrNO/c1-4-17(5-2)8-10-19(11-9-17)13-14-12-15(18)6-7-16(14)20-3/h6-7,12H,4-5,8-11,13H2,1-3H3. The van der Waals surface area contributed by atoms with Crippen LogP contribution >= 0.6 is 15.9 Å². The molecule has 0 aliphatic carbocycles. The van der Waals surface area contributed by atoms with Gasteiger partial charge in [0.2, 0.25) is 0 Å². The van der Waals surface area contributed by atoms with Crippen molar-refractivity contribution in [2.45, 2.75) is 46.1 Å². The smallest absolute Gasteiger partial charge is 0.123 e. The summed E-state index contributed by atoms with van der Waals surface area (Å²) in [6.07, 6.45) is 5.29. The van der Waals surface area contributed by atoms with Gasteiger partial charge in [0, 0.05) is 16.6 Å². The summed E-state index contributed by atoms with van der Waals surface area (Å²) >= 11 is 3.56. The van der Waals surface area contributed by atoms with Crippen molar-refractivity contribution in [3.63, 3.8) is 0 Å². The highest BCUT2D eigenvalue weighted by atomic mass is 79.9. The zero-order chi connectivity index (χ0) is 14.6. The summed E-state index contributed by atoms with van der Waals surface area (Å²) in [5.74, 6) is 0.996. The molecule has 20 heavy (non-hydrogen) atoms. The first-order valence-electron chi connectivity index (χ1n) is 7.67. The van der Waals surface area contributed by atoms with E-state index in [1.165, 1.54) is 44.3 Å². The Balaban J connectivity index is 2.01. The van der Waals surface area contributed by atoms with Crippen LogP contribution in [0.2, 0.25) is 0 Å². The lowest BCUT2D eigenvalue weighted by molar-refractivity contribution is 0.0903. The predicted octanol–water partition coefficient (Wildman–Crippen LogP) is 4.86. The van der Waals surface area contributed by atoms with Crippen molar-refractivity contribution >= 4 is 15.9 Å². The minimum atomic E-state index is 0.595. The molecule has 1 aliphatic rings. The summed E-state index contributed by atoms with van der Waals surface area (Å²) in [6, 6.07) is 6.27. The van der Waals surface area contributed by atoms with Crippen LogP contribution in [0.15, 0.2) is 22.7 Å². The summed E-state index contributed by atoms with van der Waals surface area (Å²) in [5, 5.41) is 0. The molecule has 0 N–H and O–H groups in total. The Labute approximate surface area is 131 Å². The largest absolute Gasteiger partial charge is 0.496 e. The molecule has 0 bridgehead atoms. The third-order valence-corrected chi connectivity index (χ3v) is 5.55. The lowest BCUT2D eigenvalue weighted by Crippen LogP contribution is -2.39. The van der Waals surface area contributed by atoms with Gasteiger partial charge in [-0.05, 0) is 49.5 Å². The normalized spacial score (nSPS) is 19.0.